The largest absolute Gasteiger partial charge is 0.510 e. The fourth-order valence-electron chi connectivity index (χ4n) is 1.03. The van der Waals surface area contributed by atoms with Crippen molar-refractivity contribution < 1.29 is 20.4 Å². The third-order valence-electron chi connectivity index (χ3n) is 2.08. The van der Waals surface area contributed by atoms with Crippen LogP contribution in [0.2, 0.25) is 0 Å². The maximum absolute atomic E-state index is 10.2. The molecular weight excluding hydrogens is 220 g/mol. The summed E-state index contributed by atoms with van der Waals surface area (Å²) in [6.07, 6.45) is -5.40. The number of nitroso groups, excluding NO2 is 2. The molecule has 0 heterocycles. The van der Waals surface area contributed by atoms with Crippen molar-refractivity contribution in [3.8, 4) is 0 Å². The van der Waals surface area contributed by atoms with Gasteiger partial charge >= 0.3 is 0 Å². The summed E-state index contributed by atoms with van der Waals surface area (Å²) >= 11 is 0. The van der Waals surface area contributed by atoms with Gasteiger partial charge in [0.2, 0.25) is 0 Å². The SMILES string of the molecule is C/C(O)=C(/N=O)C(O)C(O)C(O)C(C)N=O. The predicted octanol–water partition coefficient (Wildman–Crippen LogP) is -0.220. The van der Waals surface area contributed by atoms with Crippen LogP contribution in [0.3, 0.4) is 0 Å². The van der Waals surface area contributed by atoms with E-state index in [1.54, 1.807) is 0 Å². The van der Waals surface area contributed by atoms with E-state index in [1.807, 2.05) is 0 Å². The Balaban J connectivity index is 4.85. The second-order valence-corrected chi connectivity index (χ2v) is 3.33. The molecule has 92 valence electrons. The van der Waals surface area contributed by atoms with Gasteiger partial charge in [0.25, 0.3) is 0 Å². The Morgan fingerprint density at radius 1 is 1.12 bits per heavy atom. The number of aliphatic hydroxyl groups is 4. The molecule has 4 atom stereocenters. The number of hydrogen-bond donors (Lipinski definition) is 4. The molecule has 4 unspecified atom stereocenters. The molecule has 0 rings (SSSR count). The van der Waals surface area contributed by atoms with E-state index in [0.717, 1.165) is 6.92 Å². The molecule has 16 heavy (non-hydrogen) atoms. The van der Waals surface area contributed by atoms with Gasteiger partial charge in [0.1, 0.15) is 30.1 Å². The van der Waals surface area contributed by atoms with Crippen LogP contribution in [0.5, 0.6) is 0 Å². The molecular formula is C8H14N2O6. The standard InChI is InChI=1S/C8H14N2O6/c1-3(9-15)6(12)8(14)7(13)5(10-16)4(2)11/h3,6-8,11-14H,1-2H3/b5-4-. The van der Waals surface area contributed by atoms with Crippen molar-refractivity contribution in [1.29, 1.82) is 0 Å². The summed E-state index contributed by atoms with van der Waals surface area (Å²) in [6, 6.07) is -1.17. The van der Waals surface area contributed by atoms with Crippen molar-refractivity contribution in [2.24, 2.45) is 10.4 Å². The zero-order chi connectivity index (χ0) is 12.9. The highest BCUT2D eigenvalue weighted by atomic mass is 16.4. The van der Waals surface area contributed by atoms with Gasteiger partial charge in [0.15, 0.2) is 5.70 Å². The van der Waals surface area contributed by atoms with Crippen LogP contribution >= 0.6 is 0 Å². The smallest absolute Gasteiger partial charge is 0.153 e. The molecule has 0 amide bonds. The van der Waals surface area contributed by atoms with Gasteiger partial charge in [-0.15, -0.1) is 4.91 Å². The Morgan fingerprint density at radius 3 is 1.94 bits per heavy atom. The summed E-state index contributed by atoms with van der Waals surface area (Å²) in [5, 5.41) is 41.9. The van der Waals surface area contributed by atoms with Gasteiger partial charge in [0, 0.05) is 0 Å². The number of allylic oxidation sites excluding steroid dienone is 1. The minimum Gasteiger partial charge on any atom is -0.510 e. The summed E-state index contributed by atoms with van der Waals surface area (Å²) in [5.74, 6) is -0.583. The number of rotatable bonds is 6. The molecule has 0 radical (unpaired) electrons. The molecule has 0 bridgehead atoms. The van der Waals surface area contributed by atoms with Crippen molar-refractivity contribution in [2.45, 2.75) is 38.2 Å². The van der Waals surface area contributed by atoms with Gasteiger partial charge in [-0.25, -0.2) is 0 Å². The second kappa shape index (κ2) is 6.26. The van der Waals surface area contributed by atoms with E-state index in [1.165, 1.54) is 6.92 Å². The van der Waals surface area contributed by atoms with E-state index in [9.17, 15) is 25.1 Å². The molecule has 0 fully saturated rings. The maximum Gasteiger partial charge on any atom is 0.153 e. The van der Waals surface area contributed by atoms with Crippen LogP contribution in [-0.4, -0.2) is 44.8 Å². The average molecular weight is 234 g/mol. The molecule has 0 saturated carbocycles. The molecule has 8 nitrogen and oxygen atoms in total. The molecule has 0 aliphatic rings. The second-order valence-electron chi connectivity index (χ2n) is 3.33. The van der Waals surface area contributed by atoms with Gasteiger partial charge in [-0.3, -0.25) is 0 Å². The van der Waals surface area contributed by atoms with E-state index in [2.05, 4.69) is 10.4 Å². The van der Waals surface area contributed by atoms with Gasteiger partial charge in [-0.1, -0.05) is 5.18 Å². The first-order valence-corrected chi connectivity index (χ1v) is 4.46. The first kappa shape index (κ1) is 14.6. The van der Waals surface area contributed by atoms with Gasteiger partial charge < -0.3 is 20.4 Å². The summed E-state index contributed by atoms with van der Waals surface area (Å²) in [6.45, 7) is 2.30. The molecule has 8 heteroatoms. The zero-order valence-corrected chi connectivity index (χ0v) is 8.81. The average Bonchev–Trinajstić information content (AvgIpc) is 2.26. The summed E-state index contributed by atoms with van der Waals surface area (Å²) in [7, 11) is 0. The zero-order valence-electron chi connectivity index (χ0n) is 8.81. The van der Waals surface area contributed by atoms with Gasteiger partial charge in [-0.2, -0.15) is 4.91 Å². The Bertz CT molecular complexity index is 288. The van der Waals surface area contributed by atoms with E-state index >= 15 is 0 Å². The first-order chi connectivity index (χ1) is 7.36. The maximum atomic E-state index is 10.2. The third-order valence-corrected chi connectivity index (χ3v) is 2.08. The molecule has 0 saturated heterocycles. The van der Waals surface area contributed by atoms with Crippen LogP contribution < -0.4 is 0 Å². The predicted molar refractivity (Wildman–Crippen MR) is 54.4 cm³/mol. The monoisotopic (exact) mass is 234 g/mol. The molecule has 0 spiro atoms. The third kappa shape index (κ3) is 3.33. The van der Waals surface area contributed by atoms with Crippen LogP contribution in [-0.2, 0) is 0 Å². The van der Waals surface area contributed by atoms with Crippen molar-refractivity contribution in [2.75, 3.05) is 0 Å². The lowest BCUT2D eigenvalue weighted by Crippen LogP contribution is -2.43. The molecule has 0 aromatic carbocycles. The van der Waals surface area contributed by atoms with Crippen molar-refractivity contribution in [1.82, 2.24) is 0 Å². The molecule has 0 aliphatic heterocycles. The Kier molecular flexibility index (Phi) is 5.72. The summed E-state index contributed by atoms with van der Waals surface area (Å²) < 4.78 is 0. The van der Waals surface area contributed by atoms with E-state index in [0.29, 0.717) is 0 Å². The summed E-state index contributed by atoms with van der Waals surface area (Å²) in [5.41, 5.74) is -0.704. The van der Waals surface area contributed by atoms with Gasteiger partial charge in [0.05, 0.1) is 0 Å². The molecule has 0 aromatic heterocycles. The van der Waals surface area contributed by atoms with Crippen LogP contribution in [0.1, 0.15) is 13.8 Å². The van der Waals surface area contributed by atoms with Crippen LogP contribution in [0.15, 0.2) is 21.8 Å². The molecule has 4 N–H and O–H groups in total. The Hall–Kier alpha value is -1.38. The minimum absolute atomic E-state index is 0.583. The molecule has 0 aromatic rings. The number of aliphatic hydroxyl groups excluding tert-OH is 4. The minimum atomic E-state index is -1.89. The highest BCUT2D eigenvalue weighted by molar-refractivity contribution is 5.12. The topological polar surface area (TPSA) is 140 Å². The number of nitrogens with zero attached hydrogens (tertiary/aromatic N) is 2. The summed E-state index contributed by atoms with van der Waals surface area (Å²) in [4.78, 5) is 20.3. The molecule has 0 aliphatic carbocycles. The van der Waals surface area contributed by atoms with E-state index < -0.39 is 35.8 Å². The highest BCUT2D eigenvalue weighted by Gasteiger charge is 2.33. The normalized spacial score (nSPS) is 20.3. The van der Waals surface area contributed by atoms with Crippen LogP contribution in [0, 0.1) is 9.81 Å². The lowest BCUT2D eigenvalue weighted by molar-refractivity contribution is -0.0537. The van der Waals surface area contributed by atoms with Crippen LogP contribution in [0.25, 0.3) is 0 Å². The van der Waals surface area contributed by atoms with E-state index in [-0.39, 0.29) is 0 Å². The van der Waals surface area contributed by atoms with Gasteiger partial charge in [-0.05, 0) is 19.0 Å². The quantitative estimate of drug-likeness (QED) is 0.370. The lowest BCUT2D eigenvalue weighted by atomic mass is 10.0. The lowest BCUT2D eigenvalue weighted by Gasteiger charge is -2.23. The van der Waals surface area contributed by atoms with Crippen molar-refractivity contribution >= 4 is 0 Å². The Labute approximate surface area is 91.2 Å². The fourth-order valence-corrected chi connectivity index (χ4v) is 1.03. The van der Waals surface area contributed by atoms with Crippen molar-refractivity contribution in [3.05, 3.63) is 21.3 Å². The first-order valence-electron chi connectivity index (χ1n) is 4.46. The van der Waals surface area contributed by atoms with Crippen LogP contribution in [0.4, 0.5) is 0 Å². The fraction of sp³-hybridized carbons (Fsp3) is 0.750. The highest BCUT2D eigenvalue weighted by Crippen LogP contribution is 2.16. The Morgan fingerprint density at radius 2 is 1.62 bits per heavy atom. The van der Waals surface area contributed by atoms with E-state index in [4.69, 9.17) is 5.11 Å². The number of hydrogen-bond acceptors (Lipinski definition) is 8. The van der Waals surface area contributed by atoms with Crippen molar-refractivity contribution in [3.63, 3.8) is 0 Å².